The van der Waals surface area contributed by atoms with Crippen LogP contribution in [0.3, 0.4) is 0 Å². The highest BCUT2D eigenvalue weighted by Gasteiger charge is 2.27. The molecule has 4 heterocycles. The molecule has 6 nitrogen and oxygen atoms in total. The van der Waals surface area contributed by atoms with Gasteiger partial charge in [-0.15, -0.1) is 0 Å². The second kappa shape index (κ2) is 6.82. The summed E-state index contributed by atoms with van der Waals surface area (Å²) in [5, 5.41) is 4.20. The van der Waals surface area contributed by atoms with Crippen molar-refractivity contribution in [2.45, 2.75) is 32.2 Å². The van der Waals surface area contributed by atoms with Crippen molar-refractivity contribution in [2.24, 2.45) is 10.9 Å². The van der Waals surface area contributed by atoms with Crippen molar-refractivity contribution in [3.05, 3.63) is 59.6 Å². The normalized spacial score (nSPS) is 19.1. The Balaban J connectivity index is 1.30. The number of fused-ring (bicyclic) bond motifs is 1. The van der Waals surface area contributed by atoms with E-state index in [0.29, 0.717) is 30.3 Å². The molecule has 5 rings (SSSR count). The molecule has 1 aliphatic carbocycles. The molecule has 1 aliphatic heterocycles. The van der Waals surface area contributed by atoms with E-state index >= 15 is 0 Å². The van der Waals surface area contributed by atoms with Crippen LogP contribution in [0.5, 0.6) is 0 Å². The Kier molecular flexibility index (Phi) is 4.15. The van der Waals surface area contributed by atoms with Gasteiger partial charge in [-0.05, 0) is 37.5 Å². The molecule has 2 aliphatic rings. The largest absolute Gasteiger partial charge is 0.362 e. The Morgan fingerprint density at radius 1 is 1.21 bits per heavy atom. The summed E-state index contributed by atoms with van der Waals surface area (Å²) in [4.78, 5) is 20.3. The number of aryl methyl sites for hydroxylation is 1. The highest BCUT2D eigenvalue weighted by Crippen LogP contribution is 2.32. The monoisotopic (exact) mass is 376 g/mol. The predicted molar refractivity (Wildman–Crippen MR) is 107 cm³/mol. The third-order valence-electron chi connectivity index (χ3n) is 5.35. The first-order chi connectivity index (χ1) is 13.7. The van der Waals surface area contributed by atoms with Crippen molar-refractivity contribution in [1.29, 1.82) is 0 Å². The Morgan fingerprint density at radius 2 is 2.11 bits per heavy atom. The van der Waals surface area contributed by atoms with Gasteiger partial charge in [0.15, 0.2) is 0 Å². The molecule has 1 saturated carbocycles. The number of dihydropyridines is 1. The van der Waals surface area contributed by atoms with Gasteiger partial charge in [-0.25, -0.2) is 15.0 Å². The van der Waals surface area contributed by atoms with Crippen molar-refractivity contribution in [2.75, 3.05) is 11.9 Å². The number of halogens is 1. The number of allylic oxidation sites excluding steroid dienone is 1. The highest BCUT2D eigenvalue weighted by atomic mass is 19.1. The van der Waals surface area contributed by atoms with Crippen LogP contribution >= 0.6 is 0 Å². The molecule has 0 bridgehead atoms. The fourth-order valence-electron chi connectivity index (χ4n) is 3.68. The van der Waals surface area contributed by atoms with E-state index in [-0.39, 0.29) is 6.04 Å². The van der Waals surface area contributed by atoms with Crippen LogP contribution in [0.25, 0.3) is 11.0 Å². The molecule has 142 valence electrons. The minimum absolute atomic E-state index is 0.0497. The van der Waals surface area contributed by atoms with Crippen LogP contribution in [0.4, 0.5) is 10.2 Å². The van der Waals surface area contributed by atoms with Crippen molar-refractivity contribution in [3.8, 4) is 0 Å². The van der Waals surface area contributed by atoms with Crippen molar-refractivity contribution >= 4 is 22.6 Å². The molecular weight excluding hydrogens is 355 g/mol. The van der Waals surface area contributed by atoms with E-state index in [1.54, 1.807) is 6.07 Å². The minimum Gasteiger partial charge on any atom is -0.362 e. The van der Waals surface area contributed by atoms with E-state index in [0.717, 1.165) is 22.3 Å². The first-order valence-electron chi connectivity index (χ1n) is 9.59. The third-order valence-corrected chi connectivity index (χ3v) is 5.35. The summed E-state index contributed by atoms with van der Waals surface area (Å²) in [5.74, 6) is 0.723. The van der Waals surface area contributed by atoms with Gasteiger partial charge in [0.25, 0.3) is 0 Å². The molecule has 1 atom stereocenters. The smallest absolute Gasteiger partial charge is 0.218 e. The van der Waals surface area contributed by atoms with Crippen molar-refractivity contribution in [3.63, 3.8) is 0 Å². The average Bonchev–Trinajstić information content (AvgIpc) is 3.46. The van der Waals surface area contributed by atoms with Crippen LogP contribution in [0.15, 0.2) is 41.8 Å². The SMILES string of the molecule is Cc1ncnc2[nH]cc(Cc3ccc(NC4C=CC(C5CC5)=NC4)nc3F)c12. The van der Waals surface area contributed by atoms with E-state index in [1.807, 2.05) is 19.2 Å². The Hall–Kier alpha value is -3.09. The number of rotatable bonds is 5. The zero-order valence-electron chi connectivity index (χ0n) is 15.6. The number of nitrogens with one attached hydrogen (secondary N) is 2. The maximum absolute atomic E-state index is 14.6. The van der Waals surface area contributed by atoms with E-state index in [4.69, 9.17) is 0 Å². The maximum Gasteiger partial charge on any atom is 0.218 e. The number of H-pyrrole nitrogens is 1. The van der Waals surface area contributed by atoms with Gasteiger partial charge in [0.2, 0.25) is 5.95 Å². The summed E-state index contributed by atoms with van der Waals surface area (Å²) in [6.45, 7) is 2.60. The summed E-state index contributed by atoms with van der Waals surface area (Å²) in [5.41, 5.74) is 4.35. The van der Waals surface area contributed by atoms with Crippen LogP contribution in [0.2, 0.25) is 0 Å². The summed E-state index contributed by atoms with van der Waals surface area (Å²) in [6, 6.07) is 3.66. The second-order valence-corrected chi connectivity index (χ2v) is 7.47. The lowest BCUT2D eigenvalue weighted by Gasteiger charge is -2.18. The second-order valence-electron chi connectivity index (χ2n) is 7.47. The summed E-state index contributed by atoms with van der Waals surface area (Å²) < 4.78 is 14.6. The van der Waals surface area contributed by atoms with Gasteiger partial charge in [0.1, 0.15) is 17.8 Å². The molecule has 0 aromatic carbocycles. The molecule has 3 aromatic heterocycles. The quantitative estimate of drug-likeness (QED) is 0.667. The van der Waals surface area contributed by atoms with Gasteiger partial charge in [0.05, 0.1) is 18.3 Å². The number of aromatic amines is 1. The summed E-state index contributed by atoms with van der Waals surface area (Å²) >= 11 is 0. The van der Waals surface area contributed by atoms with E-state index < -0.39 is 5.95 Å². The highest BCUT2D eigenvalue weighted by molar-refractivity contribution is 5.99. The standard InChI is InChI=1S/C21H21FN6/c1-12-19-15(9-24-21(19)26-11-25-12)8-14-4-7-18(28-20(14)22)27-16-5-6-17(23-10-16)13-2-3-13/h4-7,9,11,13,16H,2-3,8,10H2,1H3,(H,27,28)(H,24,25,26). The number of hydrogen-bond donors (Lipinski definition) is 2. The van der Waals surface area contributed by atoms with Gasteiger partial charge >= 0.3 is 0 Å². The van der Waals surface area contributed by atoms with Gasteiger partial charge in [-0.2, -0.15) is 4.39 Å². The topological polar surface area (TPSA) is 78.9 Å². The van der Waals surface area contributed by atoms with Crippen LogP contribution in [0.1, 0.15) is 29.7 Å². The lowest BCUT2D eigenvalue weighted by molar-refractivity contribution is 0.571. The van der Waals surface area contributed by atoms with E-state index in [2.05, 4.69) is 42.4 Å². The fraction of sp³-hybridized carbons (Fsp3) is 0.333. The summed E-state index contributed by atoms with van der Waals surface area (Å²) in [6.07, 6.45) is 10.5. The molecule has 0 saturated heterocycles. The van der Waals surface area contributed by atoms with Crippen LogP contribution in [-0.4, -0.2) is 38.2 Å². The Labute approximate surface area is 162 Å². The molecule has 3 aromatic rings. The van der Waals surface area contributed by atoms with Crippen LogP contribution in [0, 0.1) is 18.8 Å². The first-order valence-corrected chi connectivity index (χ1v) is 9.59. The predicted octanol–water partition coefficient (Wildman–Crippen LogP) is 3.59. The zero-order valence-corrected chi connectivity index (χ0v) is 15.6. The van der Waals surface area contributed by atoms with E-state index in [9.17, 15) is 4.39 Å². The lowest BCUT2D eigenvalue weighted by atomic mass is 10.1. The first kappa shape index (κ1) is 17.0. The number of pyridine rings is 1. The van der Waals surface area contributed by atoms with Gasteiger partial charge in [-0.3, -0.25) is 4.99 Å². The van der Waals surface area contributed by atoms with E-state index in [1.165, 1.54) is 24.9 Å². The molecule has 0 amide bonds. The number of anilines is 1. The average molecular weight is 376 g/mol. The number of nitrogens with zero attached hydrogens (tertiary/aromatic N) is 4. The number of aliphatic imine (C=N–C) groups is 1. The zero-order chi connectivity index (χ0) is 19.1. The molecule has 1 fully saturated rings. The van der Waals surface area contributed by atoms with Gasteiger partial charge in [-0.1, -0.05) is 12.1 Å². The minimum atomic E-state index is -0.462. The Bertz CT molecular complexity index is 1100. The maximum atomic E-state index is 14.6. The molecular formula is C21H21FN6. The van der Waals surface area contributed by atoms with Crippen LogP contribution < -0.4 is 5.32 Å². The molecule has 0 radical (unpaired) electrons. The van der Waals surface area contributed by atoms with Gasteiger partial charge in [0, 0.05) is 35.2 Å². The molecule has 0 spiro atoms. The fourth-order valence-corrected chi connectivity index (χ4v) is 3.68. The third kappa shape index (κ3) is 3.28. The molecule has 28 heavy (non-hydrogen) atoms. The van der Waals surface area contributed by atoms with Crippen molar-refractivity contribution < 1.29 is 4.39 Å². The number of hydrogen-bond acceptors (Lipinski definition) is 5. The molecule has 1 unspecified atom stereocenters. The van der Waals surface area contributed by atoms with Crippen LogP contribution in [-0.2, 0) is 6.42 Å². The molecule has 2 N–H and O–H groups in total. The molecule has 7 heteroatoms. The van der Waals surface area contributed by atoms with Gasteiger partial charge < -0.3 is 10.3 Å². The van der Waals surface area contributed by atoms with Crippen molar-refractivity contribution in [1.82, 2.24) is 19.9 Å². The lowest BCUT2D eigenvalue weighted by Crippen LogP contribution is -2.25. The number of aromatic nitrogens is 4. The Morgan fingerprint density at radius 3 is 2.86 bits per heavy atom. The summed E-state index contributed by atoms with van der Waals surface area (Å²) in [7, 11) is 0.